The molecule has 1 N–H and O–H groups in total. The average Bonchev–Trinajstić information content (AvgIpc) is 2.18. The minimum Gasteiger partial charge on any atom is -0.307 e. The van der Waals surface area contributed by atoms with E-state index in [9.17, 15) is 0 Å². The SMILES string of the molecule is C/C=C/CN[C@H](C)c1ccccc1Br. The molecule has 0 aliphatic heterocycles. The fourth-order valence-corrected chi connectivity index (χ4v) is 1.93. The molecule has 0 unspecified atom stereocenters. The van der Waals surface area contributed by atoms with E-state index in [1.54, 1.807) is 0 Å². The van der Waals surface area contributed by atoms with Crippen molar-refractivity contribution in [2.24, 2.45) is 0 Å². The van der Waals surface area contributed by atoms with Crippen LogP contribution in [0, 0.1) is 0 Å². The molecular weight excluding hydrogens is 238 g/mol. The highest BCUT2D eigenvalue weighted by molar-refractivity contribution is 9.10. The average molecular weight is 254 g/mol. The Morgan fingerprint density at radius 3 is 2.79 bits per heavy atom. The molecule has 1 nitrogen and oxygen atoms in total. The lowest BCUT2D eigenvalue weighted by molar-refractivity contribution is 0.615. The van der Waals surface area contributed by atoms with E-state index in [1.165, 1.54) is 10.0 Å². The summed E-state index contributed by atoms with van der Waals surface area (Å²) in [7, 11) is 0. The van der Waals surface area contributed by atoms with Crippen molar-refractivity contribution < 1.29 is 0 Å². The number of hydrogen-bond acceptors (Lipinski definition) is 1. The lowest BCUT2D eigenvalue weighted by Gasteiger charge is -2.14. The van der Waals surface area contributed by atoms with Crippen LogP contribution >= 0.6 is 15.9 Å². The zero-order chi connectivity index (χ0) is 10.4. The smallest absolute Gasteiger partial charge is 0.0305 e. The van der Waals surface area contributed by atoms with Crippen LogP contribution in [-0.4, -0.2) is 6.54 Å². The van der Waals surface area contributed by atoms with E-state index in [-0.39, 0.29) is 0 Å². The first-order chi connectivity index (χ1) is 6.75. The van der Waals surface area contributed by atoms with Crippen LogP contribution in [0.25, 0.3) is 0 Å². The summed E-state index contributed by atoms with van der Waals surface area (Å²) in [5.41, 5.74) is 1.30. The Bertz CT molecular complexity index is 307. The number of nitrogens with one attached hydrogen (secondary N) is 1. The Morgan fingerprint density at radius 1 is 1.43 bits per heavy atom. The van der Waals surface area contributed by atoms with Gasteiger partial charge in [-0.05, 0) is 25.5 Å². The second kappa shape index (κ2) is 5.99. The minimum atomic E-state index is 0.377. The third kappa shape index (κ3) is 3.28. The molecule has 1 atom stereocenters. The molecule has 0 radical (unpaired) electrons. The quantitative estimate of drug-likeness (QED) is 0.808. The van der Waals surface area contributed by atoms with Crippen LogP contribution in [-0.2, 0) is 0 Å². The van der Waals surface area contributed by atoms with Crippen LogP contribution in [0.4, 0.5) is 0 Å². The molecular formula is C12H16BrN. The summed E-state index contributed by atoms with van der Waals surface area (Å²) in [5, 5.41) is 3.42. The number of benzene rings is 1. The van der Waals surface area contributed by atoms with Gasteiger partial charge in [0.25, 0.3) is 0 Å². The first-order valence-electron chi connectivity index (χ1n) is 4.84. The van der Waals surface area contributed by atoms with E-state index < -0.39 is 0 Å². The van der Waals surface area contributed by atoms with Gasteiger partial charge < -0.3 is 5.32 Å². The molecule has 0 spiro atoms. The van der Waals surface area contributed by atoms with E-state index in [4.69, 9.17) is 0 Å². The highest BCUT2D eigenvalue weighted by Crippen LogP contribution is 2.22. The maximum absolute atomic E-state index is 3.55. The molecule has 1 rings (SSSR count). The van der Waals surface area contributed by atoms with Gasteiger partial charge in [0.05, 0.1) is 0 Å². The Morgan fingerprint density at radius 2 is 2.14 bits per heavy atom. The van der Waals surface area contributed by atoms with Crippen molar-refractivity contribution in [3.05, 3.63) is 46.5 Å². The van der Waals surface area contributed by atoms with Gasteiger partial charge in [-0.15, -0.1) is 0 Å². The molecule has 0 aliphatic rings. The minimum absolute atomic E-state index is 0.377. The molecule has 1 aromatic rings. The van der Waals surface area contributed by atoms with E-state index >= 15 is 0 Å². The Balaban J connectivity index is 2.60. The zero-order valence-electron chi connectivity index (χ0n) is 8.63. The van der Waals surface area contributed by atoms with E-state index in [1.807, 2.05) is 13.0 Å². The largest absolute Gasteiger partial charge is 0.307 e. The first-order valence-corrected chi connectivity index (χ1v) is 5.64. The van der Waals surface area contributed by atoms with Crippen molar-refractivity contribution in [1.82, 2.24) is 5.32 Å². The molecule has 0 amide bonds. The van der Waals surface area contributed by atoms with E-state index in [2.05, 4.69) is 58.5 Å². The molecule has 0 aromatic heterocycles. The summed E-state index contributed by atoms with van der Waals surface area (Å²) in [6, 6.07) is 8.68. The van der Waals surface area contributed by atoms with Crippen molar-refractivity contribution in [3.63, 3.8) is 0 Å². The lowest BCUT2D eigenvalue weighted by atomic mass is 10.1. The monoisotopic (exact) mass is 253 g/mol. The maximum atomic E-state index is 3.55. The van der Waals surface area contributed by atoms with Gasteiger partial charge in [0.15, 0.2) is 0 Å². The highest BCUT2D eigenvalue weighted by atomic mass is 79.9. The van der Waals surface area contributed by atoms with Crippen LogP contribution in [0.15, 0.2) is 40.9 Å². The molecule has 0 heterocycles. The lowest BCUT2D eigenvalue weighted by Crippen LogP contribution is -2.18. The molecule has 1 aromatic carbocycles. The van der Waals surface area contributed by atoms with Crippen molar-refractivity contribution in [1.29, 1.82) is 0 Å². The van der Waals surface area contributed by atoms with Gasteiger partial charge in [0.1, 0.15) is 0 Å². The summed E-state index contributed by atoms with van der Waals surface area (Å²) < 4.78 is 1.17. The highest BCUT2D eigenvalue weighted by Gasteiger charge is 2.06. The number of halogens is 1. The van der Waals surface area contributed by atoms with Crippen LogP contribution in [0.3, 0.4) is 0 Å². The predicted molar refractivity (Wildman–Crippen MR) is 65.4 cm³/mol. The van der Waals surface area contributed by atoms with Crippen LogP contribution < -0.4 is 5.32 Å². The van der Waals surface area contributed by atoms with Gasteiger partial charge in [0.2, 0.25) is 0 Å². The third-order valence-corrected chi connectivity index (χ3v) is 2.87. The Hall–Kier alpha value is -0.600. The van der Waals surface area contributed by atoms with E-state index in [0.717, 1.165) is 6.54 Å². The first kappa shape index (κ1) is 11.5. The summed E-state index contributed by atoms with van der Waals surface area (Å²) in [6.45, 7) is 5.12. The van der Waals surface area contributed by atoms with Crippen LogP contribution in [0.2, 0.25) is 0 Å². The topological polar surface area (TPSA) is 12.0 Å². The fraction of sp³-hybridized carbons (Fsp3) is 0.333. The van der Waals surface area contributed by atoms with Gasteiger partial charge in [-0.2, -0.15) is 0 Å². The van der Waals surface area contributed by atoms with Crippen molar-refractivity contribution in [3.8, 4) is 0 Å². The van der Waals surface area contributed by atoms with Gasteiger partial charge in [-0.25, -0.2) is 0 Å². The summed E-state index contributed by atoms with van der Waals surface area (Å²) >= 11 is 3.55. The molecule has 0 aliphatic carbocycles. The van der Waals surface area contributed by atoms with Crippen molar-refractivity contribution in [2.45, 2.75) is 19.9 Å². The van der Waals surface area contributed by atoms with Crippen molar-refractivity contribution >= 4 is 15.9 Å². The number of hydrogen-bond donors (Lipinski definition) is 1. The Kier molecular flexibility index (Phi) is 4.91. The molecule has 76 valence electrons. The normalized spacial score (nSPS) is 13.4. The van der Waals surface area contributed by atoms with Gasteiger partial charge >= 0.3 is 0 Å². The Labute approximate surface area is 94.3 Å². The number of rotatable bonds is 4. The van der Waals surface area contributed by atoms with Gasteiger partial charge in [0, 0.05) is 17.1 Å². The standard InChI is InChI=1S/C12H16BrN/c1-3-4-9-14-10(2)11-7-5-6-8-12(11)13/h3-8,10,14H,9H2,1-2H3/b4-3+/t10-/m1/s1. The summed E-state index contributed by atoms with van der Waals surface area (Å²) in [5.74, 6) is 0. The van der Waals surface area contributed by atoms with Gasteiger partial charge in [-0.3, -0.25) is 0 Å². The number of allylic oxidation sites excluding steroid dienone is 1. The van der Waals surface area contributed by atoms with Gasteiger partial charge in [-0.1, -0.05) is 46.3 Å². The molecule has 2 heteroatoms. The predicted octanol–water partition coefficient (Wildman–Crippen LogP) is 3.68. The van der Waals surface area contributed by atoms with Crippen LogP contribution in [0.5, 0.6) is 0 Å². The maximum Gasteiger partial charge on any atom is 0.0305 e. The third-order valence-electron chi connectivity index (χ3n) is 2.15. The van der Waals surface area contributed by atoms with Crippen LogP contribution in [0.1, 0.15) is 25.5 Å². The molecule has 0 bridgehead atoms. The summed E-state index contributed by atoms with van der Waals surface area (Å²) in [4.78, 5) is 0. The van der Waals surface area contributed by atoms with Crippen molar-refractivity contribution in [2.75, 3.05) is 6.54 Å². The fourth-order valence-electron chi connectivity index (χ4n) is 1.30. The second-order valence-corrected chi connectivity index (χ2v) is 4.07. The molecule has 14 heavy (non-hydrogen) atoms. The zero-order valence-corrected chi connectivity index (χ0v) is 10.2. The summed E-state index contributed by atoms with van der Waals surface area (Å²) in [6.07, 6.45) is 4.17. The second-order valence-electron chi connectivity index (χ2n) is 3.22. The molecule has 0 saturated carbocycles. The molecule has 0 saturated heterocycles. The van der Waals surface area contributed by atoms with E-state index in [0.29, 0.717) is 6.04 Å². The molecule has 0 fully saturated rings.